The summed E-state index contributed by atoms with van der Waals surface area (Å²) >= 11 is 1.58. The monoisotopic (exact) mass is 300 g/mol. The van der Waals surface area contributed by atoms with Crippen molar-refractivity contribution in [2.45, 2.75) is 20.8 Å². The molecule has 5 heteroatoms. The number of aryl methyl sites for hydroxylation is 2. The van der Waals surface area contributed by atoms with Crippen LogP contribution in [0.1, 0.15) is 28.7 Å². The Bertz CT molecular complexity index is 797. The first-order valence-corrected chi connectivity index (χ1v) is 7.65. The fraction of sp³-hybridized carbons (Fsp3) is 0.250. The van der Waals surface area contributed by atoms with Crippen LogP contribution in [0.15, 0.2) is 30.3 Å². The topological polar surface area (TPSA) is 44.1 Å². The number of hydrogen-bond acceptors (Lipinski definition) is 4. The molecule has 0 aliphatic rings. The Kier molecular flexibility index (Phi) is 3.51. The standard InChI is InChI=1S/C16H16N2O2S/c1-4-20-15(19)12-7-8-13-14(9-12)21-16(17-13)18-10(2)5-6-11(18)3/h5-9H,4H2,1-3H3. The molecule has 2 aromatic heterocycles. The molecular weight excluding hydrogens is 284 g/mol. The molecule has 0 atom stereocenters. The quantitative estimate of drug-likeness (QED) is 0.689. The maximum atomic E-state index is 11.8. The molecule has 0 radical (unpaired) electrons. The number of benzene rings is 1. The van der Waals surface area contributed by atoms with Crippen LogP contribution >= 0.6 is 11.3 Å². The summed E-state index contributed by atoms with van der Waals surface area (Å²) < 4.78 is 8.14. The fourth-order valence-corrected chi connectivity index (χ4v) is 3.44. The zero-order chi connectivity index (χ0) is 15.0. The average Bonchev–Trinajstić information content (AvgIpc) is 3.01. The summed E-state index contributed by atoms with van der Waals surface area (Å²) in [5, 5.41) is 0.922. The van der Waals surface area contributed by atoms with E-state index >= 15 is 0 Å². The Hall–Kier alpha value is -2.14. The van der Waals surface area contributed by atoms with Crippen molar-refractivity contribution in [2.75, 3.05) is 6.61 Å². The van der Waals surface area contributed by atoms with Crippen LogP contribution in [-0.4, -0.2) is 22.1 Å². The summed E-state index contributed by atoms with van der Waals surface area (Å²) in [7, 11) is 0. The van der Waals surface area contributed by atoms with Crippen LogP contribution < -0.4 is 0 Å². The summed E-state index contributed by atoms with van der Waals surface area (Å²) in [5.74, 6) is -0.289. The van der Waals surface area contributed by atoms with Gasteiger partial charge in [0.1, 0.15) is 0 Å². The molecular formula is C16H16N2O2S. The van der Waals surface area contributed by atoms with Crippen LogP contribution in [0.4, 0.5) is 0 Å². The number of rotatable bonds is 3. The molecule has 0 N–H and O–H groups in total. The maximum absolute atomic E-state index is 11.8. The van der Waals surface area contributed by atoms with Gasteiger partial charge >= 0.3 is 5.97 Å². The highest BCUT2D eigenvalue weighted by atomic mass is 32.1. The highest BCUT2D eigenvalue weighted by molar-refractivity contribution is 7.20. The van der Waals surface area contributed by atoms with Gasteiger partial charge in [-0.25, -0.2) is 9.78 Å². The van der Waals surface area contributed by atoms with E-state index < -0.39 is 0 Å². The normalized spacial score (nSPS) is 11.0. The molecule has 0 saturated heterocycles. The van der Waals surface area contributed by atoms with Crippen molar-refractivity contribution in [3.8, 4) is 5.13 Å². The molecule has 2 heterocycles. The summed E-state index contributed by atoms with van der Waals surface area (Å²) in [6.45, 7) is 6.30. The Morgan fingerprint density at radius 2 is 1.95 bits per heavy atom. The number of nitrogens with zero attached hydrogens (tertiary/aromatic N) is 2. The smallest absolute Gasteiger partial charge is 0.338 e. The highest BCUT2D eigenvalue weighted by Gasteiger charge is 2.12. The lowest BCUT2D eigenvalue weighted by atomic mass is 10.2. The fourth-order valence-electron chi connectivity index (χ4n) is 2.32. The number of aromatic nitrogens is 2. The lowest BCUT2D eigenvalue weighted by Gasteiger charge is -2.03. The third kappa shape index (κ3) is 2.45. The van der Waals surface area contributed by atoms with Gasteiger partial charge in [0.15, 0.2) is 5.13 Å². The van der Waals surface area contributed by atoms with Gasteiger partial charge in [0.05, 0.1) is 22.4 Å². The second-order valence-electron chi connectivity index (χ2n) is 4.85. The maximum Gasteiger partial charge on any atom is 0.338 e. The number of ether oxygens (including phenoxy) is 1. The van der Waals surface area contributed by atoms with Crippen LogP contribution in [0.3, 0.4) is 0 Å². The van der Waals surface area contributed by atoms with E-state index in [9.17, 15) is 4.79 Å². The number of carbonyl (C=O) groups excluding carboxylic acids is 1. The van der Waals surface area contributed by atoms with E-state index in [0.29, 0.717) is 12.2 Å². The Balaban J connectivity index is 2.07. The van der Waals surface area contributed by atoms with Crippen LogP contribution in [-0.2, 0) is 4.74 Å². The van der Waals surface area contributed by atoms with Crippen molar-refractivity contribution in [1.29, 1.82) is 0 Å². The minimum Gasteiger partial charge on any atom is -0.462 e. The second kappa shape index (κ2) is 5.33. The van der Waals surface area contributed by atoms with Crippen molar-refractivity contribution >= 4 is 27.5 Å². The van der Waals surface area contributed by atoms with Gasteiger partial charge in [-0.05, 0) is 51.1 Å². The summed E-state index contributed by atoms with van der Waals surface area (Å²) in [4.78, 5) is 16.4. The van der Waals surface area contributed by atoms with Crippen molar-refractivity contribution < 1.29 is 9.53 Å². The van der Waals surface area contributed by atoms with Gasteiger partial charge in [0.25, 0.3) is 0 Å². The van der Waals surface area contributed by atoms with E-state index in [4.69, 9.17) is 4.74 Å². The number of carbonyl (C=O) groups is 1. The number of hydrogen-bond donors (Lipinski definition) is 0. The summed E-state index contributed by atoms with van der Waals surface area (Å²) in [6.07, 6.45) is 0. The van der Waals surface area contributed by atoms with E-state index in [-0.39, 0.29) is 5.97 Å². The molecule has 1 aromatic carbocycles. The first-order chi connectivity index (χ1) is 10.1. The minimum absolute atomic E-state index is 0.289. The SMILES string of the molecule is CCOC(=O)c1ccc2nc(-n3c(C)ccc3C)sc2c1. The first kappa shape index (κ1) is 13.8. The molecule has 0 amide bonds. The molecule has 0 spiro atoms. The molecule has 21 heavy (non-hydrogen) atoms. The lowest BCUT2D eigenvalue weighted by Crippen LogP contribution is -2.03. The molecule has 0 saturated carbocycles. The molecule has 108 valence electrons. The van der Waals surface area contributed by atoms with Gasteiger partial charge < -0.3 is 4.74 Å². The van der Waals surface area contributed by atoms with E-state index in [1.807, 2.05) is 12.1 Å². The number of esters is 1. The van der Waals surface area contributed by atoms with Crippen molar-refractivity contribution in [3.63, 3.8) is 0 Å². The predicted molar refractivity (Wildman–Crippen MR) is 84.4 cm³/mol. The van der Waals surface area contributed by atoms with Gasteiger partial charge in [-0.2, -0.15) is 0 Å². The molecule has 0 aliphatic heterocycles. The minimum atomic E-state index is -0.289. The molecule has 0 aliphatic carbocycles. The Morgan fingerprint density at radius 1 is 1.24 bits per heavy atom. The first-order valence-electron chi connectivity index (χ1n) is 6.83. The van der Waals surface area contributed by atoms with Gasteiger partial charge in [-0.15, -0.1) is 0 Å². The van der Waals surface area contributed by atoms with Crippen molar-refractivity contribution in [2.24, 2.45) is 0 Å². The molecule has 3 aromatic rings. The van der Waals surface area contributed by atoms with E-state index in [0.717, 1.165) is 26.7 Å². The van der Waals surface area contributed by atoms with Crippen LogP contribution in [0.2, 0.25) is 0 Å². The van der Waals surface area contributed by atoms with Gasteiger partial charge in [-0.1, -0.05) is 11.3 Å². The molecule has 4 nitrogen and oxygen atoms in total. The molecule has 0 fully saturated rings. The third-order valence-electron chi connectivity index (χ3n) is 3.35. The van der Waals surface area contributed by atoms with E-state index in [1.54, 1.807) is 24.3 Å². The average molecular weight is 300 g/mol. The molecule has 0 unspecified atom stereocenters. The Labute approximate surface area is 127 Å². The zero-order valence-electron chi connectivity index (χ0n) is 12.2. The number of fused-ring (bicyclic) bond motifs is 1. The predicted octanol–water partition coefficient (Wildman–Crippen LogP) is 3.88. The zero-order valence-corrected chi connectivity index (χ0v) is 13.0. The van der Waals surface area contributed by atoms with Crippen molar-refractivity contribution in [3.05, 3.63) is 47.3 Å². The molecule has 0 bridgehead atoms. The second-order valence-corrected chi connectivity index (χ2v) is 5.86. The molecule has 3 rings (SSSR count). The van der Waals surface area contributed by atoms with Gasteiger partial charge in [0.2, 0.25) is 0 Å². The lowest BCUT2D eigenvalue weighted by molar-refractivity contribution is 0.0526. The van der Waals surface area contributed by atoms with Gasteiger partial charge in [-0.3, -0.25) is 4.57 Å². The summed E-state index contributed by atoms with van der Waals surface area (Å²) in [5.41, 5.74) is 3.77. The van der Waals surface area contributed by atoms with E-state index in [2.05, 4.69) is 35.5 Å². The summed E-state index contributed by atoms with van der Waals surface area (Å²) in [6, 6.07) is 9.63. The van der Waals surface area contributed by atoms with Gasteiger partial charge in [0, 0.05) is 11.4 Å². The van der Waals surface area contributed by atoms with E-state index in [1.165, 1.54) is 0 Å². The van der Waals surface area contributed by atoms with Crippen LogP contribution in [0.5, 0.6) is 0 Å². The highest BCUT2D eigenvalue weighted by Crippen LogP contribution is 2.28. The van der Waals surface area contributed by atoms with Crippen LogP contribution in [0, 0.1) is 13.8 Å². The van der Waals surface area contributed by atoms with Crippen LogP contribution in [0.25, 0.3) is 15.3 Å². The number of thiazole rings is 1. The van der Waals surface area contributed by atoms with Crippen molar-refractivity contribution in [1.82, 2.24) is 9.55 Å². The largest absolute Gasteiger partial charge is 0.462 e. The Morgan fingerprint density at radius 3 is 2.62 bits per heavy atom. The third-order valence-corrected chi connectivity index (χ3v) is 4.35.